The van der Waals surface area contributed by atoms with Gasteiger partial charge in [-0.25, -0.2) is 0 Å². The maximum absolute atomic E-state index is 4.47. The first-order chi connectivity index (χ1) is 9.10. The summed E-state index contributed by atoms with van der Waals surface area (Å²) in [5.74, 6) is 7.23. The van der Waals surface area contributed by atoms with Gasteiger partial charge in [-0.3, -0.25) is 0 Å². The average Bonchev–Trinajstić information content (AvgIpc) is 2.39. The number of thioether (sulfide) groups is 1. The Hall–Kier alpha value is 2.71. The molecule has 0 radical (unpaired) electrons. The van der Waals surface area contributed by atoms with Crippen LogP contribution >= 0.6 is 94.1 Å². The number of hydrogen-bond donors (Lipinski definition) is 4. The van der Waals surface area contributed by atoms with Gasteiger partial charge in [-0.15, -0.1) is 0 Å². The molecule has 0 spiro atoms. The minimum absolute atomic E-state index is 0.529. The summed E-state index contributed by atoms with van der Waals surface area (Å²) in [5.41, 5.74) is 0. The van der Waals surface area contributed by atoms with Crippen LogP contribution in [-0.2, 0) is 0 Å². The monoisotopic (exact) mass is 486 g/mol. The van der Waals surface area contributed by atoms with E-state index in [0.717, 1.165) is 47.4 Å². The van der Waals surface area contributed by atoms with Gasteiger partial charge in [-0.05, 0) is 59.2 Å². The molecule has 4 unspecified atom stereocenters. The second-order valence-corrected chi connectivity index (χ2v) is 9.53. The number of thiol groups is 4. The van der Waals surface area contributed by atoms with Crippen LogP contribution in [-0.4, -0.2) is 44.2 Å². The maximum Gasteiger partial charge on any atom is 0.0197 e. The third kappa shape index (κ3) is 10.2. The second kappa shape index (κ2) is 14.3. The van der Waals surface area contributed by atoms with E-state index in [1.807, 2.05) is 11.8 Å². The average molecular weight is 488 g/mol. The Labute approximate surface area is 161 Å². The Morgan fingerprint density at radius 3 is 1.37 bits per heavy atom. The summed E-state index contributed by atoms with van der Waals surface area (Å²) in [6.07, 6.45) is 2.21. The molecule has 7 heteroatoms. The molecular weight excluding hydrogens is 464 g/mol. The van der Waals surface area contributed by atoms with Crippen LogP contribution in [0.3, 0.4) is 0 Å². The zero-order chi connectivity index (χ0) is 14.7. The van der Waals surface area contributed by atoms with Crippen molar-refractivity contribution in [2.75, 3.05) is 34.5 Å². The molecule has 116 valence electrons. The van der Waals surface area contributed by atoms with Crippen LogP contribution in [0.5, 0.6) is 0 Å². The summed E-state index contributed by atoms with van der Waals surface area (Å²) in [6.45, 7) is 0. The van der Waals surface area contributed by atoms with Crippen LogP contribution in [0.2, 0.25) is 0 Å². The summed E-state index contributed by atoms with van der Waals surface area (Å²) in [4.78, 5) is 1.06. The molecular formula is C12H24Br2S5. The van der Waals surface area contributed by atoms with E-state index >= 15 is 0 Å². The van der Waals surface area contributed by atoms with Crippen molar-refractivity contribution in [3.8, 4) is 0 Å². The lowest BCUT2D eigenvalue weighted by Crippen LogP contribution is -2.23. The highest BCUT2D eigenvalue weighted by Gasteiger charge is 2.20. The molecule has 19 heavy (non-hydrogen) atoms. The third-order valence-corrected chi connectivity index (χ3v) is 8.16. The van der Waals surface area contributed by atoms with E-state index in [4.69, 9.17) is 0 Å². The molecule has 0 aliphatic heterocycles. The van der Waals surface area contributed by atoms with Gasteiger partial charge in [-0.1, -0.05) is 31.9 Å². The van der Waals surface area contributed by atoms with Gasteiger partial charge < -0.3 is 0 Å². The van der Waals surface area contributed by atoms with Gasteiger partial charge in [0.25, 0.3) is 0 Å². The van der Waals surface area contributed by atoms with Crippen molar-refractivity contribution in [3.63, 3.8) is 0 Å². The first-order valence-corrected chi connectivity index (χ1v) is 11.9. The fourth-order valence-corrected chi connectivity index (χ4v) is 7.73. The number of halogens is 2. The predicted molar refractivity (Wildman–Crippen MR) is 114 cm³/mol. The van der Waals surface area contributed by atoms with Gasteiger partial charge in [0, 0.05) is 9.65 Å². The molecule has 0 aliphatic rings. The van der Waals surface area contributed by atoms with Crippen molar-refractivity contribution in [1.29, 1.82) is 0 Å². The largest absolute Gasteiger partial charge is 0.179 e. The van der Waals surface area contributed by atoms with Crippen molar-refractivity contribution < 1.29 is 0 Å². The Kier molecular flexibility index (Phi) is 16.4. The highest BCUT2D eigenvalue weighted by molar-refractivity contribution is 9.09. The van der Waals surface area contributed by atoms with Crippen molar-refractivity contribution in [2.45, 2.75) is 22.5 Å². The molecule has 0 rings (SSSR count). The van der Waals surface area contributed by atoms with Crippen LogP contribution in [0.15, 0.2) is 0 Å². The molecule has 0 amide bonds. The Morgan fingerprint density at radius 2 is 1.11 bits per heavy atom. The Morgan fingerprint density at radius 1 is 0.737 bits per heavy atom. The molecule has 0 saturated carbocycles. The molecule has 0 aromatic carbocycles. The van der Waals surface area contributed by atoms with Crippen LogP contribution in [0.1, 0.15) is 12.8 Å². The van der Waals surface area contributed by atoms with Crippen LogP contribution in [0, 0.1) is 11.8 Å². The first-order valence-electron chi connectivity index (χ1n) is 6.39. The minimum Gasteiger partial charge on any atom is -0.179 e. The summed E-state index contributed by atoms with van der Waals surface area (Å²) in [5, 5.41) is 0. The second-order valence-electron chi connectivity index (χ2n) is 4.48. The smallest absolute Gasteiger partial charge is 0.0197 e. The van der Waals surface area contributed by atoms with Crippen LogP contribution in [0.25, 0.3) is 0 Å². The van der Waals surface area contributed by atoms with Gasteiger partial charge in [0.1, 0.15) is 0 Å². The third-order valence-electron chi connectivity index (χ3n) is 2.97. The molecule has 0 aromatic rings. The zero-order valence-corrected chi connectivity index (χ0v) is 18.5. The molecule has 0 saturated heterocycles. The van der Waals surface area contributed by atoms with E-state index < -0.39 is 0 Å². The van der Waals surface area contributed by atoms with Gasteiger partial charge in [0.15, 0.2) is 0 Å². The van der Waals surface area contributed by atoms with Crippen LogP contribution in [0.4, 0.5) is 0 Å². The highest BCUT2D eigenvalue weighted by atomic mass is 79.9. The lowest BCUT2D eigenvalue weighted by atomic mass is 10.1. The molecule has 0 nitrogen and oxygen atoms in total. The normalized spacial score (nSPS) is 18.0. The lowest BCUT2D eigenvalue weighted by Gasteiger charge is -2.23. The summed E-state index contributed by atoms with van der Waals surface area (Å²) < 4.78 is 0. The Balaban J connectivity index is 4.02. The summed E-state index contributed by atoms with van der Waals surface area (Å²) in [7, 11) is 0. The molecule has 0 bridgehead atoms. The standard InChI is InChI=1S/C12H24Br2S5/c13-11(1-3-15)9(5-17)7-19-8-10(6-18)12(14)2-4-16/h9-12,15-18H,1-8H2. The molecule has 0 aromatic heterocycles. The van der Waals surface area contributed by atoms with Crippen molar-refractivity contribution in [2.24, 2.45) is 11.8 Å². The molecule has 0 N–H and O–H groups in total. The van der Waals surface area contributed by atoms with Gasteiger partial charge in [-0.2, -0.15) is 62.3 Å². The highest BCUT2D eigenvalue weighted by Crippen LogP contribution is 2.27. The SMILES string of the molecule is SCCC(Br)C(CS)CSCC(CS)C(Br)CCS. The molecule has 0 aliphatic carbocycles. The predicted octanol–water partition coefficient (Wildman–Crippen LogP) is 4.98. The number of alkyl halides is 2. The molecule has 4 atom stereocenters. The van der Waals surface area contributed by atoms with E-state index in [0.29, 0.717) is 21.5 Å². The van der Waals surface area contributed by atoms with Crippen LogP contribution < -0.4 is 0 Å². The molecule has 0 fully saturated rings. The fraction of sp³-hybridized carbons (Fsp3) is 1.00. The summed E-state index contributed by atoms with van der Waals surface area (Å²) in [6, 6.07) is 0. The fourth-order valence-electron chi connectivity index (χ4n) is 1.63. The minimum atomic E-state index is 0.529. The maximum atomic E-state index is 4.47. The Bertz CT molecular complexity index is 189. The van der Waals surface area contributed by atoms with Crippen molar-refractivity contribution in [3.05, 3.63) is 0 Å². The topological polar surface area (TPSA) is 0 Å². The van der Waals surface area contributed by atoms with Gasteiger partial charge in [0.2, 0.25) is 0 Å². The molecule has 0 heterocycles. The van der Waals surface area contributed by atoms with E-state index in [-0.39, 0.29) is 0 Å². The van der Waals surface area contributed by atoms with Gasteiger partial charge in [0.05, 0.1) is 0 Å². The first kappa shape index (κ1) is 21.7. The summed E-state index contributed by atoms with van der Waals surface area (Å²) >= 11 is 27.1. The van der Waals surface area contributed by atoms with Gasteiger partial charge >= 0.3 is 0 Å². The quantitative estimate of drug-likeness (QED) is 0.222. The van der Waals surface area contributed by atoms with Crippen molar-refractivity contribution in [1.82, 2.24) is 0 Å². The lowest BCUT2D eigenvalue weighted by molar-refractivity contribution is 0.613. The van der Waals surface area contributed by atoms with E-state index in [9.17, 15) is 0 Å². The van der Waals surface area contributed by atoms with E-state index in [1.54, 1.807) is 0 Å². The number of hydrogen-bond acceptors (Lipinski definition) is 5. The zero-order valence-electron chi connectivity index (χ0n) is 10.9. The van der Waals surface area contributed by atoms with E-state index in [1.165, 1.54) is 0 Å². The number of rotatable bonds is 12. The van der Waals surface area contributed by atoms with Crippen molar-refractivity contribution >= 4 is 94.1 Å². The van der Waals surface area contributed by atoms with E-state index in [2.05, 4.69) is 82.4 Å².